The second kappa shape index (κ2) is 8.72. The van der Waals surface area contributed by atoms with Crippen LogP contribution in [0.25, 0.3) is 0 Å². The van der Waals surface area contributed by atoms with Crippen LogP contribution in [0.3, 0.4) is 0 Å². The summed E-state index contributed by atoms with van der Waals surface area (Å²) >= 11 is 0. The van der Waals surface area contributed by atoms with Crippen molar-refractivity contribution in [2.24, 2.45) is 40.4 Å². The van der Waals surface area contributed by atoms with E-state index < -0.39 is 8.32 Å². The van der Waals surface area contributed by atoms with Gasteiger partial charge in [-0.05, 0) is 116 Å². The molecule has 0 N–H and O–H groups in total. The number of esters is 1. The minimum atomic E-state index is -1.73. The lowest BCUT2D eigenvalue weighted by atomic mass is 9.47. The molecule has 0 aromatic rings. The minimum Gasteiger partial charge on any atom is -0.462 e. The molecule has 0 aromatic heterocycles. The molecule has 3 saturated carbocycles. The number of allylic oxidation sites excluding steroid dienone is 1. The van der Waals surface area contributed by atoms with Crippen LogP contribution in [0.5, 0.6) is 0 Å². The molecular formula is C31H52O3Si. The van der Waals surface area contributed by atoms with Crippen LogP contribution in [0, 0.1) is 40.4 Å². The van der Waals surface area contributed by atoms with Crippen molar-refractivity contribution >= 4 is 14.3 Å². The van der Waals surface area contributed by atoms with Crippen LogP contribution in [-0.4, -0.2) is 26.5 Å². The Morgan fingerprint density at radius 1 is 1.06 bits per heavy atom. The average molecular weight is 501 g/mol. The molecule has 198 valence electrons. The molecule has 9 atom stereocenters. The van der Waals surface area contributed by atoms with Crippen LogP contribution in [0.1, 0.15) is 106 Å². The molecular weight excluding hydrogens is 448 g/mol. The molecule has 0 unspecified atom stereocenters. The molecule has 0 amide bonds. The fourth-order valence-corrected chi connectivity index (χ4v) is 10.8. The average Bonchev–Trinajstić information content (AvgIpc) is 3.35. The lowest BCUT2D eigenvalue weighted by Gasteiger charge is -2.59. The highest BCUT2D eigenvalue weighted by atomic mass is 28.4. The summed E-state index contributed by atoms with van der Waals surface area (Å²) in [4.78, 5) is 11.8. The normalized spacial score (nSPS) is 44.7. The van der Waals surface area contributed by atoms with Gasteiger partial charge in [-0.3, -0.25) is 4.79 Å². The fourth-order valence-electron chi connectivity index (χ4n) is 9.40. The second-order valence-corrected chi connectivity index (χ2v) is 19.9. The number of hydrogen-bond donors (Lipinski definition) is 0. The molecule has 1 aliphatic heterocycles. The largest absolute Gasteiger partial charge is 0.462 e. The van der Waals surface area contributed by atoms with Gasteiger partial charge in [-0.15, -0.1) is 0 Å². The van der Waals surface area contributed by atoms with Crippen molar-refractivity contribution in [1.82, 2.24) is 0 Å². The summed E-state index contributed by atoms with van der Waals surface area (Å²) in [6.45, 7) is 19.5. The summed E-state index contributed by atoms with van der Waals surface area (Å²) in [5.74, 6) is 3.74. The quantitative estimate of drug-likeness (QED) is 0.221. The molecule has 35 heavy (non-hydrogen) atoms. The second-order valence-electron chi connectivity index (χ2n) is 15.2. The summed E-state index contributed by atoms with van der Waals surface area (Å²) in [6, 6.07) is 0. The molecule has 4 fully saturated rings. The van der Waals surface area contributed by atoms with Crippen LogP contribution in [0.2, 0.25) is 18.1 Å². The van der Waals surface area contributed by atoms with E-state index in [-0.39, 0.29) is 17.1 Å². The van der Waals surface area contributed by atoms with Crippen LogP contribution in [0.4, 0.5) is 0 Å². The zero-order chi connectivity index (χ0) is 25.4. The Kier molecular flexibility index (Phi) is 6.48. The van der Waals surface area contributed by atoms with Crippen LogP contribution >= 0.6 is 0 Å². The maximum Gasteiger partial charge on any atom is 0.306 e. The summed E-state index contributed by atoms with van der Waals surface area (Å²) < 4.78 is 12.7. The third kappa shape index (κ3) is 4.21. The summed E-state index contributed by atoms with van der Waals surface area (Å²) in [5.41, 5.74) is 2.53. The zero-order valence-corrected chi connectivity index (χ0v) is 24.9. The zero-order valence-electron chi connectivity index (χ0n) is 23.9. The van der Waals surface area contributed by atoms with Gasteiger partial charge in [0.2, 0.25) is 0 Å². The Morgan fingerprint density at radius 2 is 1.80 bits per heavy atom. The van der Waals surface area contributed by atoms with Crippen LogP contribution in [0.15, 0.2) is 11.6 Å². The molecule has 1 heterocycles. The summed E-state index contributed by atoms with van der Waals surface area (Å²) in [5, 5.41) is 0.278. The van der Waals surface area contributed by atoms with Gasteiger partial charge in [-0.25, -0.2) is 0 Å². The van der Waals surface area contributed by atoms with E-state index in [1.807, 2.05) is 0 Å². The maximum absolute atomic E-state index is 11.8. The first-order valence-corrected chi connectivity index (χ1v) is 17.7. The number of carbonyl (C=O) groups is 1. The smallest absolute Gasteiger partial charge is 0.306 e. The Hall–Kier alpha value is -0.613. The molecule has 0 radical (unpaired) electrons. The van der Waals surface area contributed by atoms with E-state index in [1.54, 1.807) is 5.57 Å². The molecule has 0 aromatic carbocycles. The number of rotatable bonds is 4. The lowest BCUT2D eigenvalue weighted by Crippen LogP contribution is -2.52. The van der Waals surface area contributed by atoms with Gasteiger partial charge < -0.3 is 9.16 Å². The first kappa shape index (κ1) is 26.0. The van der Waals surface area contributed by atoms with Crippen molar-refractivity contribution < 1.29 is 14.0 Å². The highest BCUT2D eigenvalue weighted by Crippen LogP contribution is 2.67. The van der Waals surface area contributed by atoms with Gasteiger partial charge in [0.05, 0.1) is 0 Å². The third-order valence-electron chi connectivity index (χ3n) is 12.5. The van der Waals surface area contributed by atoms with Gasteiger partial charge in [0.15, 0.2) is 8.32 Å². The Bertz CT molecular complexity index is 871. The van der Waals surface area contributed by atoms with Crippen molar-refractivity contribution in [2.75, 3.05) is 0 Å². The van der Waals surface area contributed by atoms with Crippen molar-refractivity contribution in [1.29, 1.82) is 0 Å². The van der Waals surface area contributed by atoms with E-state index in [0.717, 1.165) is 24.2 Å². The first-order chi connectivity index (χ1) is 16.3. The summed E-state index contributed by atoms with van der Waals surface area (Å²) in [7, 11) is -1.73. The Labute approximate surface area is 216 Å². The molecule has 5 aliphatic rings. The fraction of sp³-hybridized carbons (Fsp3) is 0.903. The first-order valence-electron chi connectivity index (χ1n) is 14.8. The minimum absolute atomic E-state index is 0.0243. The van der Waals surface area contributed by atoms with E-state index >= 15 is 0 Å². The maximum atomic E-state index is 11.8. The van der Waals surface area contributed by atoms with Crippen molar-refractivity contribution in [3.8, 4) is 0 Å². The monoisotopic (exact) mass is 500 g/mol. The van der Waals surface area contributed by atoms with Gasteiger partial charge in [-0.1, -0.05) is 53.2 Å². The molecule has 0 bridgehead atoms. The SMILES string of the molecule is C[C@@H]([C@H]1CC[C@H]2[C@@H]3CC=C4C[C@@H](O[Si](C)(C)C(C)(C)C)CC[C@]4(C)[C@H]3CC[C@]12C)[C@H]1CCC(=O)O1. The number of fused-ring (bicyclic) bond motifs is 5. The predicted octanol–water partition coefficient (Wildman–Crippen LogP) is 8.30. The Morgan fingerprint density at radius 3 is 2.46 bits per heavy atom. The van der Waals surface area contributed by atoms with E-state index in [9.17, 15) is 4.79 Å². The van der Waals surface area contributed by atoms with Gasteiger partial charge >= 0.3 is 5.97 Å². The molecule has 0 spiro atoms. The van der Waals surface area contributed by atoms with Crippen molar-refractivity contribution in [2.45, 2.75) is 136 Å². The van der Waals surface area contributed by atoms with E-state index in [2.05, 4.69) is 60.7 Å². The lowest BCUT2D eigenvalue weighted by molar-refractivity contribution is -0.145. The Balaban J connectivity index is 1.31. The molecule has 5 rings (SSSR count). The highest BCUT2D eigenvalue weighted by molar-refractivity contribution is 6.74. The van der Waals surface area contributed by atoms with E-state index in [0.29, 0.717) is 35.2 Å². The van der Waals surface area contributed by atoms with Crippen molar-refractivity contribution in [3.63, 3.8) is 0 Å². The number of cyclic esters (lactones) is 1. The third-order valence-corrected chi connectivity index (χ3v) is 17.1. The van der Waals surface area contributed by atoms with Crippen molar-refractivity contribution in [3.05, 3.63) is 11.6 Å². The standard InChI is InChI=1S/C31H52O3Si/c1-20(27-13-14-28(32)33-27)24-11-12-25-23-10-9-21-19-22(34-35(7,8)29(2,3)4)15-17-30(21,5)26(23)16-18-31(24,25)6/h9,20,22-27H,10-19H2,1-8H3/t20-,22-,23-,24+,25-,26-,27+,30-,31+/m0/s1. The van der Waals surface area contributed by atoms with E-state index in [4.69, 9.17) is 9.16 Å². The van der Waals surface area contributed by atoms with Gasteiger partial charge in [-0.2, -0.15) is 0 Å². The van der Waals surface area contributed by atoms with Gasteiger partial charge in [0.1, 0.15) is 6.10 Å². The molecule has 4 heteroatoms. The highest BCUT2D eigenvalue weighted by Gasteiger charge is 2.60. The molecule has 4 aliphatic carbocycles. The van der Waals surface area contributed by atoms with Crippen LogP contribution < -0.4 is 0 Å². The van der Waals surface area contributed by atoms with Crippen LogP contribution in [-0.2, 0) is 14.0 Å². The van der Waals surface area contributed by atoms with E-state index in [1.165, 1.54) is 51.4 Å². The topological polar surface area (TPSA) is 35.5 Å². The predicted molar refractivity (Wildman–Crippen MR) is 146 cm³/mol. The summed E-state index contributed by atoms with van der Waals surface area (Å²) in [6.07, 6.45) is 15.3. The number of carbonyl (C=O) groups excluding carboxylic acids is 1. The molecule has 3 nitrogen and oxygen atoms in total. The molecule has 1 saturated heterocycles. The number of hydrogen-bond acceptors (Lipinski definition) is 3. The van der Waals surface area contributed by atoms with Gasteiger partial charge in [0, 0.05) is 12.5 Å². The number of ether oxygens (including phenoxy) is 1. The van der Waals surface area contributed by atoms with Gasteiger partial charge in [0.25, 0.3) is 0 Å².